The van der Waals surface area contributed by atoms with Crippen LogP contribution < -0.4 is 0 Å². The van der Waals surface area contributed by atoms with Gasteiger partial charge < -0.3 is 4.42 Å². The maximum atomic E-state index is 6.71. The summed E-state index contributed by atoms with van der Waals surface area (Å²) in [5, 5.41) is 2.53. The molecule has 0 N–H and O–H groups in total. The summed E-state index contributed by atoms with van der Waals surface area (Å²) in [7, 11) is 0. The molecule has 1 nitrogen and oxygen atoms in total. The fourth-order valence-electron chi connectivity index (χ4n) is 14.0. The smallest absolute Gasteiger partial charge is 0.144 e. The molecular formula is C76H80O. The molecule has 1 aromatic heterocycles. The highest BCUT2D eigenvalue weighted by atomic mass is 16.3. The number of hydrogen-bond acceptors (Lipinski definition) is 1. The number of para-hydroxylation sites is 1. The molecule has 9 aromatic rings. The van der Waals surface area contributed by atoms with Crippen LogP contribution in [-0.4, -0.2) is 0 Å². The molecule has 77 heavy (non-hydrogen) atoms. The number of hydrogen-bond donors (Lipinski definition) is 0. The van der Waals surface area contributed by atoms with E-state index in [-0.39, 0.29) is 27.1 Å². The molecule has 0 saturated carbocycles. The molecular weight excluding hydrogens is 929 g/mol. The molecule has 0 aliphatic heterocycles. The molecule has 390 valence electrons. The minimum Gasteiger partial charge on any atom is -0.455 e. The summed E-state index contributed by atoms with van der Waals surface area (Å²) < 4.78 is 6.71. The molecule has 4 aliphatic rings. The zero-order valence-corrected chi connectivity index (χ0v) is 49.5. The van der Waals surface area contributed by atoms with E-state index < -0.39 is 0 Å². The monoisotopic (exact) mass is 1010 g/mol. The largest absolute Gasteiger partial charge is 0.455 e. The molecule has 0 radical (unpaired) electrons. The Hall–Kier alpha value is -6.96. The van der Waals surface area contributed by atoms with E-state index in [0.29, 0.717) is 0 Å². The van der Waals surface area contributed by atoms with Gasteiger partial charge in [-0.2, -0.15) is 0 Å². The average Bonchev–Trinajstić information content (AvgIpc) is 4.25. The molecule has 0 amide bonds. The van der Waals surface area contributed by atoms with Crippen molar-refractivity contribution in [3.05, 3.63) is 229 Å². The van der Waals surface area contributed by atoms with Crippen LogP contribution in [0, 0.1) is 53.9 Å². The molecule has 4 aliphatic carbocycles. The minimum atomic E-state index is -0.0788. The fraction of sp³-hybridized carbons (Fsp3) is 0.316. The zero-order valence-electron chi connectivity index (χ0n) is 49.5. The Labute approximate surface area is 461 Å². The normalized spacial score (nSPS) is 16.4. The Kier molecular flexibility index (Phi) is 12.2. The molecule has 0 unspecified atom stereocenters. The molecule has 0 spiro atoms. The third-order valence-electron chi connectivity index (χ3n) is 18.5. The topological polar surface area (TPSA) is 13.1 Å². The van der Waals surface area contributed by atoms with Crippen molar-refractivity contribution in [2.45, 2.75) is 153 Å². The summed E-state index contributed by atoms with van der Waals surface area (Å²) in [5.74, 6) is 0. The first-order chi connectivity index (χ1) is 36.2. The van der Waals surface area contributed by atoms with Gasteiger partial charge in [0.15, 0.2) is 0 Å². The summed E-state index contributed by atoms with van der Waals surface area (Å²) >= 11 is 0. The lowest BCUT2D eigenvalue weighted by Gasteiger charge is -2.33. The van der Waals surface area contributed by atoms with Crippen LogP contribution in [0.5, 0.6) is 0 Å². The van der Waals surface area contributed by atoms with Crippen molar-refractivity contribution in [1.82, 2.24) is 0 Å². The molecule has 1 heterocycles. The van der Waals surface area contributed by atoms with E-state index in [1.807, 2.05) is 0 Å². The summed E-state index contributed by atoms with van der Waals surface area (Å²) in [6.07, 6.45) is 6.13. The molecule has 1 heteroatoms. The van der Waals surface area contributed by atoms with E-state index in [9.17, 15) is 0 Å². The van der Waals surface area contributed by atoms with Crippen LogP contribution in [0.2, 0.25) is 0 Å². The van der Waals surface area contributed by atoms with Crippen molar-refractivity contribution >= 4 is 27.5 Å². The summed E-state index contributed by atoms with van der Waals surface area (Å²) in [6, 6.07) is 49.6. The highest BCUT2D eigenvalue weighted by Gasteiger charge is 2.50. The quantitative estimate of drug-likeness (QED) is 0.168. The van der Waals surface area contributed by atoms with E-state index in [0.717, 1.165) is 17.6 Å². The van der Waals surface area contributed by atoms with Crippen LogP contribution >= 0.6 is 0 Å². The summed E-state index contributed by atoms with van der Waals surface area (Å²) in [5.41, 5.74) is 35.6. The van der Waals surface area contributed by atoms with E-state index >= 15 is 0 Å². The zero-order chi connectivity index (χ0) is 55.1. The molecule has 8 aromatic carbocycles. The standard InChI is InChI=1S/C34H36.C32H30O.C10H14/c1-21-13-18-27-29(19-21)34(7,8)30-20-28(24-14-16-25(17-15-24)33(4,5)6)23(3)31(32(27)30)26-12-10-9-11-22(26)2;1-30(2)16-15-19-22(17-30)32(5,6)27-24(19)25-20-12-8-10-14-23(20)33-29(25)26-18-11-7-9-13-21(18)31(3,4)28(26)27;1-7-5-8(2)10(4)9(3)6-7/h9-20H,1-8H3;7-15,17H,16H2,1-6H3;5-6H,1-4H3. The number of furan rings is 1. The van der Waals surface area contributed by atoms with Gasteiger partial charge in [-0.05, 0) is 195 Å². The van der Waals surface area contributed by atoms with E-state index in [4.69, 9.17) is 4.42 Å². The maximum absolute atomic E-state index is 6.71. The van der Waals surface area contributed by atoms with Crippen LogP contribution in [0.15, 0.2) is 156 Å². The van der Waals surface area contributed by atoms with Crippen LogP contribution in [-0.2, 0) is 21.7 Å². The fourth-order valence-corrected chi connectivity index (χ4v) is 14.0. The van der Waals surface area contributed by atoms with E-state index in [1.165, 1.54) is 144 Å². The van der Waals surface area contributed by atoms with E-state index in [2.05, 4.69) is 270 Å². The average molecular weight is 1010 g/mol. The van der Waals surface area contributed by atoms with Gasteiger partial charge in [0, 0.05) is 32.6 Å². The van der Waals surface area contributed by atoms with Gasteiger partial charge in [0.2, 0.25) is 0 Å². The number of aryl methyl sites for hydroxylation is 5. The minimum absolute atomic E-state index is 0.0398. The Morgan fingerprint density at radius 2 is 1.06 bits per heavy atom. The van der Waals surface area contributed by atoms with Crippen LogP contribution in [0.1, 0.15) is 160 Å². The second-order valence-electron chi connectivity index (χ2n) is 26.7. The predicted octanol–water partition coefficient (Wildman–Crippen LogP) is 21.4. The first-order valence-electron chi connectivity index (χ1n) is 28.3. The molecule has 0 saturated heterocycles. The number of benzene rings is 8. The first kappa shape index (κ1) is 52.1. The Morgan fingerprint density at radius 3 is 1.74 bits per heavy atom. The number of rotatable bonds is 2. The van der Waals surface area contributed by atoms with Gasteiger partial charge in [0.25, 0.3) is 0 Å². The molecule has 0 atom stereocenters. The van der Waals surface area contributed by atoms with Gasteiger partial charge in [-0.15, -0.1) is 0 Å². The predicted molar refractivity (Wildman–Crippen MR) is 332 cm³/mol. The third kappa shape index (κ3) is 8.24. The Bertz CT molecular complexity index is 3950. The van der Waals surface area contributed by atoms with Crippen molar-refractivity contribution in [3.63, 3.8) is 0 Å². The number of allylic oxidation sites excluding steroid dienone is 4. The second kappa shape index (κ2) is 18.1. The maximum Gasteiger partial charge on any atom is 0.144 e. The van der Waals surface area contributed by atoms with Crippen molar-refractivity contribution in [2.75, 3.05) is 0 Å². The lowest BCUT2D eigenvalue weighted by atomic mass is 9.70. The third-order valence-corrected chi connectivity index (χ3v) is 18.5. The first-order valence-corrected chi connectivity index (χ1v) is 28.3. The van der Waals surface area contributed by atoms with Gasteiger partial charge in [0.1, 0.15) is 11.2 Å². The van der Waals surface area contributed by atoms with Crippen molar-refractivity contribution in [3.8, 4) is 44.5 Å². The molecule has 0 bridgehead atoms. The lowest BCUT2D eigenvalue weighted by Crippen LogP contribution is -2.25. The van der Waals surface area contributed by atoms with Crippen LogP contribution in [0.4, 0.5) is 0 Å². The van der Waals surface area contributed by atoms with Crippen molar-refractivity contribution in [1.29, 1.82) is 0 Å². The van der Waals surface area contributed by atoms with Gasteiger partial charge in [-0.3, -0.25) is 0 Å². The second-order valence-corrected chi connectivity index (χ2v) is 26.7. The van der Waals surface area contributed by atoms with Gasteiger partial charge >= 0.3 is 0 Å². The van der Waals surface area contributed by atoms with Crippen molar-refractivity contribution in [2.24, 2.45) is 5.41 Å². The highest BCUT2D eigenvalue weighted by Crippen LogP contribution is 2.64. The van der Waals surface area contributed by atoms with Gasteiger partial charge in [0.05, 0.1) is 0 Å². The lowest BCUT2D eigenvalue weighted by molar-refractivity contribution is 0.471. The Balaban J connectivity index is 0.000000139. The summed E-state index contributed by atoms with van der Waals surface area (Å²) in [6.45, 7) is 41.4. The van der Waals surface area contributed by atoms with Gasteiger partial charge in [-0.25, -0.2) is 0 Å². The molecule has 0 fully saturated rings. The van der Waals surface area contributed by atoms with Crippen LogP contribution in [0.25, 0.3) is 72.0 Å². The highest BCUT2D eigenvalue weighted by molar-refractivity contribution is 6.20. The SMILES string of the molecule is CC1(C)C=C2C(=CC1)c1c(c3c(c4oc5ccccc5c14)-c1ccccc1C3(C)C)C2(C)C.Cc1cc(C)c(C)c(C)c1.Cc1ccc2c(c1)C(C)(C)c1cc(-c3ccc(C(C)(C)C)cc3)c(C)c(-c3ccccc3C)c1-2. The summed E-state index contributed by atoms with van der Waals surface area (Å²) in [4.78, 5) is 0. The van der Waals surface area contributed by atoms with E-state index in [1.54, 1.807) is 0 Å². The van der Waals surface area contributed by atoms with Crippen molar-refractivity contribution < 1.29 is 4.42 Å². The number of fused-ring (bicyclic) bond motifs is 15. The van der Waals surface area contributed by atoms with Gasteiger partial charge in [-0.1, -0.05) is 221 Å². The van der Waals surface area contributed by atoms with Crippen LogP contribution in [0.3, 0.4) is 0 Å². The Morgan fingerprint density at radius 1 is 0.455 bits per heavy atom. The molecule has 13 rings (SSSR count).